The number of oxazole rings is 2. The molecule has 4 atom stereocenters. The summed E-state index contributed by atoms with van der Waals surface area (Å²) in [5.41, 5.74) is 8.04. The first-order chi connectivity index (χ1) is 26.2. The molecule has 12 heteroatoms. The topological polar surface area (TPSA) is 149 Å². The molecule has 0 saturated carbocycles. The highest BCUT2D eigenvalue weighted by Gasteiger charge is 2.61. The van der Waals surface area contributed by atoms with Crippen LogP contribution in [-0.2, 0) is 33.1 Å². The van der Waals surface area contributed by atoms with Crippen molar-refractivity contribution in [3.63, 3.8) is 0 Å². The zero-order valence-electron chi connectivity index (χ0n) is 29.2. The van der Waals surface area contributed by atoms with Crippen LogP contribution in [0.25, 0.3) is 28.3 Å². The standard InChI is InChI=1S/C42H33N5O6S/c1-21(2)34-40-45-36-37(53-40)42-28-13-7-12-26(25-11-6-8-23-15-16-27(33(23)25)32-20-43-39(36)51-32)35(28)46-41(42)52-31-17-14-22(18-29(31)42)19-30(38(48)44-34)47-54(49,50)24-9-4-3-5-10-24/h3-14,16-18,20-21,30,34,41,46-47H,15,19H2,1-2H3,(H,44,48)/t30?,34-,41-,42?/m0/s1. The van der Waals surface area contributed by atoms with E-state index in [-0.39, 0.29) is 29.0 Å². The third kappa shape index (κ3) is 4.26. The molecule has 6 aromatic rings. The summed E-state index contributed by atoms with van der Waals surface area (Å²) in [7, 11) is -4.07. The van der Waals surface area contributed by atoms with Crippen molar-refractivity contribution in [3.8, 4) is 28.5 Å². The van der Waals surface area contributed by atoms with Gasteiger partial charge in [-0.1, -0.05) is 86.7 Å². The number of allylic oxidation sites excluding steroid dienone is 1. The number of fused-ring (bicyclic) bond motifs is 7. The summed E-state index contributed by atoms with van der Waals surface area (Å²) in [5, 5.41) is 6.88. The fourth-order valence-corrected chi connectivity index (χ4v) is 10.2. The van der Waals surface area contributed by atoms with Gasteiger partial charge in [0, 0.05) is 28.0 Å². The maximum atomic E-state index is 14.3. The van der Waals surface area contributed by atoms with Gasteiger partial charge in [-0.2, -0.15) is 4.72 Å². The van der Waals surface area contributed by atoms with Gasteiger partial charge in [0.25, 0.3) is 0 Å². The van der Waals surface area contributed by atoms with Crippen molar-refractivity contribution in [1.29, 1.82) is 0 Å². The average Bonchev–Trinajstić information content (AvgIpc) is 4.00. The largest absolute Gasteiger partial charge is 0.469 e. The number of carbonyl (C=O) groups is 1. The maximum absolute atomic E-state index is 14.3. The number of benzene rings is 4. The maximum Gasteiger partial charge on any atom is 0.249 e. The fraction of sp³-hybridized carbons (Fsp3) is 0.214. The minimum Gasteiger partial charge on any atom is -0.469 e. The third-order valence-corrected chi connectivity index (χ3v) is 12.9. The molecule has 11 rings (SSSR count). The number of rotatable bonds is 4. The van der Waals surface area contributed by atoms with E-state index in [1.165, 1.54) is 17.7 Å². The minimum atomic E-state index is -4.07. The number of para-hydroxylation sites is 1. The second kappa shape index (κ2) is 11.0. The van der Waals surface area contributed by atoms with E-state index in [2.05, 4.69) is 57.8 Å². The normalized spacial score (nSPS) is 22.6. The summed E-state index contributed by atoms with van der Waals surface area (Å²) >= 11 is 0. The van der Waals surface area contributed by atoms with Crippen LogP contribution in [0.3, 0.4) is 0 Å². The van der Waals surface area contributed by atoms with Gasteiger partial charge in [-0.25, -0.2) is 18.4 Å². The van der Waals surface area contributed by atoms with Crippen molar-refractivity contribution in [3.05, 3.63) is 142 Å². The number of carbonyl (C=O) groups excluding carboxylic acids is 1. The number of sulfonamides is 1. The number of hydrogen-bond acceptors (Lipinski definition) is 9. The van der Waals surface area contributed by atoms with E-state index < -0.39 is 39.7 Å². The molecule has 10 bridgehead atoms. The summed E-state index contributed by atoms with van der Waals surface area (Å²) in [6.45, 7) is 3.91. The van der Waals surface area contributed by atoms with E-state index in [0.717, 1.165) is 51.1 Å². The SMILES string of the molecule is CC(C)[C@@H]1NC(=O)C(NS(=O)(=O)c2ccccc2)Cc2ccc3c(c2)C24c5cccc(c5N[C@H]2O3)-c2cccc3c2C(=CC3)c2cnc(o2)-c2nc1oc24. The lowest BCUT2D eigenvalue weighted by atomic mass is 9.72. The van der Waals surface area contributed by atoms with Crippen molar-refractivity contribution >= 4 is 27.2 Å². The lowest BCUT2D eigenvalue weighted by molar-refractivity contribution is -0.124. The van der Waals surface area contributed by atoms with Crippen LogP contribution in [0, 0.1) is 5.92 Å². The number of anilines is 1. The Morgan fingerprint density at radius 2 is 1.76 bits per heavy atom. The van der Waals surface area contributed by atoms with Gasteiger partial charge in [-0.05, 0) is 59.2 Å². The monoisotopic (exact) mass is 735 g/mol. The van der Waals surface area contributed by atoms with Crippen molar-refractivity contribution in [2.75, 3.05) is 5.32 Å². The number of ether oxygens (including phenoxy) is 1. The molecule has 1 amide bonds. The highest BCUT2D eigenvalue weighted by Crippen LogP contribution is 2.61. The van der Waals surface area contributed by atoms with Gasteiger partial charge >= 0.3 is 0 Å². The van der Waals surface area contributed by atoms with Crippen LogP contribution in [0.2, 0.25) is 0 Å². The summed E-state index contributed by atoms with van der Waals surface area (Å²) < 4.78 is 50.6. The molecule has 2 unspecified atom stereocenters. The first-order valence-electron chi connectivity index (χ1n) is 18.1. The molecule has 6 heterocycles. The molecular formula is C42H33N5O6S. The summed E-state index contributed by atoms with van der Waals surface area (Å²) in [4.78, 5) is 24.3. The Morgan fingerprint density at radius 1 is 0.926 bits per heavy atom. The van der Waals surface area contributed by atoms with E-state index in [9.17, 15) is 13.2 Å². The second-order valence-corrected chi connectivity index (χ2v) is 16.6. The Balaban J connectivity index is 1.19. The number of aromatic nitrogens is 2. The predicted octanol–water partition coefficient (Wildman–Crippen LogP) is 6.49. The predicted molar refractivity (Wildman–Crippen MR) is 199 cm³/mol. The lowest BCUT2D eigenvalue weighted by Gasteiger charge is -2.28. The summed E-state index contributed by atoms with van der Waals surface area (Å²) in [6.07, 6.45) is 4.10. The smallest absolute Gasteiger partial charge is 0.249 e. The van der Waals surface area contributed by atoms with Crippen LogP contribution in [0.1, 0.15) is 65.1 Å². The molecule has 2 aromatic heterocycles. The van der Waals surface area contributed by atoms with Crippen molar-refractivity contribution < 1.29 is 26.8 Å². The Kier molecular flexibility index (Phi) is 6.44. The molecule has 0 saturated heterocycles. The van der Waals surface area contributed by atoms with Gasteiger partial charge in [0.2, 0.25) is 27.7 Å². The van der Waals surface area contributed by atoms with Gasteiger partial charge in [-0.15, -0.1) is 0 Å². The highest BCUT2D eigenvalue weighted by molar-refractivity contribution is 7.89. The van der Waals surface area contributed by atoms with Crippen LogP contribution < -0.4 is 20.1 Å². The van der Waals surface area contributed by atoms with Gasteiger partial charge in [0.1, 0.15) is 23.2 Å². The van der Waals surface area contributed by atoms with Crippen LogP contribution in [0.5, 0.6) is 5.75 Å². The molecule has 268 valence electrons. The number of nitrogens with one attached hydrogen (secondary N) is 3. The fourth-order valence-electron chi connectivity index (χ4n) is 8.94. The van der Waals surface area contributed by atoms with Crippen LogP contribution >= 0.6 is 0 Å². The average molecular weight is 736 g/mol. The summed E-state index contributed by atoms with van der Waals surface area (Å²) in [6, 6.07) is 24.6. The minimum absolute atomic E-state index is 0.0638. The highest BCUT2D eigenvalue weighted by atomic mass is 32.2. The molecule has 4 aliphatic heterocycles. The van der Waals surface area contributed by atoms with Crippen molar-refractivity contribution in [2.24, 2.45) is 5.92 Å². The van der Waals surface area contributed by atoms with E-state index in [0.29, 0.717) is 23.0 Å². The van der Waals surface area contributed by atoms with Crippen molar-refractivity contribution in [2.45, 2.75) is 55.3 Å². The van der Waals surface area contributed by atoms with Gasteiger partial charge in [0.05, 0.1) is 11.1 Å². The number of hydrogen-bond donors (Lipinski definition) is 3. The van der Waals surface area contributed by atoms with E-state index >= 15 is 0 Å². The molecule has 1 spiro atoms. The zero-order valence-corrected chi connectivity index (χ0v) is 30.0. The van der Waals surface area contributed by atoms with Crippen LogP contribution in [0.4, 0.5) is 5.69 Å². The second-order valence-electron chi connectivity index (χ2n) is 14.9. The number of amides is 1. The Hall–Kier alpha value is -5.98. The lowest BCUT2D eigenvalue weighted by Crippen LogP contribution is -2.49. The van der Waals surface area contributed by atoms with Crippen LogP contribution in [-0.4, -0.2) is 36.6 Å². The van der Waals surface area contributed by atoms with E-state index in [4.69, 9.17) is 23.5 Å². The van der Waals surface area contributed by atoms with Gasteiger partial charge in [-0.3, -0.25) is 4.79 Å². The molecule has 4 aromatic carbocycles. The Labute approximate surface area is 310 Å². The molecule has 1 aliphatic carbocycles. The van der Waals surface area contributed by atoms with Gasteiger partial charge in [0.15, 0.2) is 23.4 Å². The zero-order chi connectivity index (χ0) is 36.5. The van der Waals surface area contributed by atoms with E-state index in [1.807, 2.05) is 32.0 Å². The van der Waals surface area contributed by atoms with E-state index in [1.54, 1.807) is 24.4 Å². The van der Waals surface area contributed by atoms with Gasteiger partial charge < -0.3 is 24.2 Å². The quantitative estimate of drug-likeness (QED) is 0.185. The molecule has 0 fully saturated rings. The van der Waals surface area contributed by atoms with Crippen LogP contribution in [0.15, 0.2) is 111 Å². The summed E-state index contributed by atoms with van der Waals surface area (Å²) in [5.74, 6) is 1.54. The molecule has 54 heavy (non-hydrogen) atoms. The Morgan fingerprint density at radius 3 is 2.61 bits per heavy atom. The first kappa shape index (κ1) is 31.5. The molecule has 11 nitrogen and oxygen atoms in total. The number of nitrogens with zero attached hydrogens (tertiary/aromatic N) is 2. The Bertz CT molecular complexity index is 2730. The molecule has 3 N–H and O–H groups in total. The van der Waals surface area contributed by atoms with Crippen molar-refractivity contribution in [1.82, 2.24) is 20.0 Å². The first-order valence-corrected chi connectivity index (χ1v) is 19.6. The molecule has 5 aliphatic rings. The molecule has 0 radical (unpaired) electrons. The third-order valence-electron chi connectivity index (χ3n) is 11.4. The molecular weight excluding hydrogens is 703 g/mol.